The highest BCUT2D eigenvalue weighted by atomic mass is 35.5. The number of anilines is 1. The Morgan fingerprint density at radius 3 is 2.73 bits per heavy atom. The summed E-state index contributed by atoms with van der Waals surface area (Å²) in [6.07, 6.45) is 0. The highest BCUT2D eigenvalue weighted by Gasteiger charge is 2.54. The number of nitrogens with two attached hydrogens (primary N) is 1. The summed E-state index contributed by atoms with van der Waals surface area (Å²) < 4.78 is 1.29. The Kier molecular flexibility index (Phi) is 7.62. The lowest BCUT2D eigenvalue weighted by atomic mass is 10.0. The second kappa shape index (κ2) is 10.6. The van der Waals surface area contributed by atoms with E-state index < -0.39 is 40.6 Å². The van der Waals surface area contributed by atoms with Crippen LogP contribution in [0.25, 0.3) is 0 Å². The molecular weight excluding hydrogens is 572 g/mol. The van der Waals surface area contributed by atoms with E-state index in [9.17, 15) is 29.4 Å². The van der Waals surface area contributed by atoms with Crippen LogP contribution >= 0.6 is 46.5 Å². The molecule has 0 bridgehead atoms. The van der Waals surface area contributed by atoms with E-state index in [0.717, 1.165) is 28.0 Å². The third-order valence-corrected chi connectivity index (χ3v) is 8.58. The monoisotopic (exact) mass is 588 g/mol. The maximum atomic E-state index is 13.0. The number of hydrogen-bond donors (Lipinski definition) is 4. The average molecular weight is 589 g/mol. The molecule has 2 aliphatic rings. The number of carboxylic acids is 1. The molecule has 0 aromatic carbocycles. The number of carbonyl (C=O) groups is 3. The Hall–Kier alpha value is -3.35. The van der Waals surface area contributed by atoms with Crippen molar-refractivity contribution in [3.63, 3.8) is 0 Å². The number of aliphatic carboxylic acids is 1. The minimum Gasteiger partial charge on any atom is -0.488 e. The molecule has 2 atom stereocenters. The Bertz CT molecular complexity index is 1420. The number of amides is 2. The number of oxime groups is 1. The largest absolute Gasteiger partial charge is 0.488 e. The predicted molar refractivity (Wildman–Crippen MR) is 134 cm³/mol. The molecule has 5 N–H and O–H groups in total. The number of nitrogen functional groups attached to an aromatic ring is 1. The van der Waals surface area contributed by atoms with Crippen LogP contribution in [0.1, 0.15) is 5.69 Å². The first-order valence-corrected chi connectivity index (χ1v) is 13.3. The number of hydrogen-bond acceptors (Lipinski definition) is 14. The molecule has 196 valence electrons. The molecular formula is C18H17ClN8O7S3. The van der Waals surface area contributed by atoms with Crippen molar-refractivity contribution in [2.75, 3.05) is 24.3 Å². The van der Waals surface area contributed by atoms with Gasteiger partial charge in [-0.2, -0.15) is 4.98 Å². The SMILES string of the molecule is CON=C(C(=O)NC1C(=O)N2C(C(=O)O)=C(CSc3nc(=O)c(O)nn3C)CS[C@@H]12)c1nc(N)sc1Cl. The Balaban J connectivity index is 1.52. The summed E-state index contributed by atoms with van der Waals surface area (Å²) >= 11 is 9.29. The molecule has 2 aromatic heterocycles. The van der Waals surface area contributed by atoms with Gasteiger partial charge in [0.05, 0.1) is 0 Å². The number of rotatable bonds is 8. The number of nitrogens with one attached hydrogen (secondary N) is 1. The fraction of sp³-hybridized carbons (Fsp3) is 0.333. The van der Waals surface area contributed by atoms with Crippen molar-refractivity contribution in [1.82, 2.24) is 30.0 Å². The minimum absolute atomic E-state index is 0.0133. The standard InChI is InChI=1S/C18H17ClN8O7S3/c1-26-18(23-12(29)13(30)24-26)36-4-5-3-35-15-8(14(31)27(15)9(5)16(32)33)21-11(28)7(25-34-2)6-10(19)37-17(20)22-6/h8,15H,3-4H2,1-2H3,(H2,20,22)(H,21,28)(H,24,30)(H,32,33)/t8?,15-/m0/s1. The van der Waals surface area contributed by atoms with E-state index in [1.54, 1.807) is 0 Å². The van der Waals surface area contributed by atoms with Crippen molar-refractivity contribution in [2.45, 2.75) is 16.6 Å². The van der Waals surface area contributed by atoms with Gasteiger partial charge >= 0.3 is 11.5 Å². The van der Waals surface area contributed by atoms with Gasteiger partial charge in [-0.3, -0.25) is 19.3 Å². The zero-order valence-corrected chi connectivity index (χ0v) is 22.1. The van der Waals surface area contributed by atoms with E-state index in [4.69, 9.17) is 22.2 Å². The van der Waals surface area contributed by atoms with Crippen molar-refractivity contribution in [1.29, 1.82) is 0 Å². The smallest absolute Gasteiger partial charge is 0.352 e. The maximum absolute atomic E-state index is 13.0. The first-order valence-electron chi connectivity index (χ1n) is 10.0. The molecule has 0 spiro atoms. The first-order chi connectivity index (χ1) is 17.5. The number of fused-ring (bicyclic) bond motifs is 1. The van der Waals surface area contributed by atoms with Crippen molar-refractivity contribution in [3.8, 4) is 5.88 Å². The van der Waals surface area contributed by atoms with E-state index in [-0.39, 0.29) is 43.2 Å². The van der Waals surface area contributed by atoms with Gasteiger partial charge in [-0.25, -0.2) is 14.5 Å². The molecule has 4 heterocycles. The van der Waals surface area contributed by atoms with Crippen molar-refractivity contribution < 1.29 is 29.4 Å². The van der Waals surface area contributed by atoms with Crippen LogP contribution in [-0.2, 0) is 26.3 Å². The molecule has 0 saturated carbocycles. The Morgan fingerprint density at radius 2 is 2.11 bits per heavy atom. The number of β-lactam (4-membered cyclic amide) rings is 1. The molecule has 1 unspecified atom stereocenters. The van der Waals surface area contributed by atoms with Gasteiger partial charge in [0.15, 0.2) is 16.0 Å². The molecule has 0 radical (unpaired) electrons. The average Bonchev–Trinajstić information content (AvgIpc) is 3.18. The molecule has 2 aliphatic heterocycles. The maximum Gasteiger partial charge on any atom is 0.352 e. The van der Waals surface area contributed by atoms with Crippen molar-refractivity contribution in [3.05, 3.63) is 31.7 Å². The van der Waals surface area contributed by atoms with Crippen LogP contribution in [0.4, 0.5) is 5.13 Å². The fourth-order valence-electron chi connectivity index (χ4n) is 3.46. The topological polar surface area (TPSA) is 215 Å². The second-order valence-corrected chi connectivity index (χ2v) is 11.0. The van der Waals surface area contributed by atoms with Crippen LogP contribution in [0.2, 0.25) is 4.34 Å². The van der Waals surface area contributed by atoms with Crippen molar-refractivity contribution >= 4 is 75.1 Å². The third-order valence-electron chi connectivity index (χ3n) is 5.05. The third kappa shape index (κ3) is 5.09. The van der Waals surface area contributed by atoms with E-state index in [0.29, 0.717) is 5.57 Å². The number of thioether (sulfide) groups is 2. The molecule has 1 saturated heterocycles. The summed E-state index contributed by atoms with van der Waals surface area (Å²) in [5, 5.41) is 28.6. The molecule has 37 heavy (non-hydrogen) atoms. The molecule has 19 heteroatoms. The van der Waals surface area contributed by atoms with Crippen LogP contribution in [0, 0.1) is 0 Å². The van der Waals surface area contributed by atoms with Crippen LogP contribution in [0.15, 0.2) is 26.4 Å². The van der Waals surface area contributed by atoms with Gasteiger partial charge in [0.25, 0.3) is 17.7 Å². The van der Waals surface area contributed by atoms with Crippen molar-refractivity contribution in [2.24, 2.45) is 12.2 Å². The summed E-state index contributed by atoms with van der Waals surface area (Å²) in [6, 6.07) is -1.04. The fourth-order valence-corrected chi connectivity index (χ4v) is 6.79. The number of aromatic nitrogens is 4. The second-order valence-electron chi connectivity index (χ2n) is 7.35. The lowest BCUT2D eigenvalue weighted by Gasteiger charge is -2.49. The number of carboxylic acid groups (broad SMARTS) is 1. The number of thiazole rings is 1. The molecule has 0 aliphatic carbocycles. The molecule has 15 nitrogen and oxygen atoms in total. The molecule has 1 fully saturated rings. The van der Waals surface area contributed by atoms with Gasteiger partial charge in [-0.05, 0) is 5.57 Å². The minimum atomic E-state index is -1.32. The predicted octanol–water partition coefficient (Wildman–Crippen LogP) is -0.546. The molecule has 2 aromatic rings. The van der Waals surface area contributed by atoms with Gasteiger partial charge < -0.3 is 26.1 Å². The Labute approximate surface area is 224 Å². The Morgan fingerprint density at radius 1 is 1.38 bits per heavy atom. The lowest BCUT2D eigenvalue weighted by Crippen LogP contribution is -2.71. The number of aryl methyl sites for hydroxylation is 1. The van der Waals surface area contributed by atoms with E-state index in [1.807, 2.05) is 0 Å². The normalized spacial score (nSPS) is 19.4. The van der Waals surface area contributed by atoms with Gasteiger partial charge in [-0.1, -0.05) is 39.9 Å². The molecule has 2 amide bonds. The number of carbonyl (C=O) groups excluding carboxylic acids is 2. The number of aromatic hydroxyl groups is 1. The highest BCUT2D eigenvalue weighted by molar-refractivity contribution is 8.01. The molecule has 4 rings (SSSR count). The summed E-state index contributed by atoms with van der Waals surface area (Å²) in [4.78, 5) is 63.1. The summed E-state index contributed by atoms with van der Waals surface area (Å²) in [6.45, 7) is 0. The zero-order valence-electron chi connectivity index (χ0n) is 18.9. The number of halogens is 1. The van der Waals surface area contributed by atoms with E-state index >= 15 is 0 Å². The lowest BCUT2D eigenvalue weighted by molar-refractivity contribution is -0.150. The van der Waals surface area contributed by atoms with Gasteiger partial charge in [0, 0.05) is 18.6 Å². The zero-order chi connectivity index (χ0) is 27.0. The van der Waals surface area contributed by atoms with Crippen LogP contribution < -0.4 is 16.6 Å². The first kappa shape index (κ1) is 26.7. The quantitative estimate of drug-likeness (QED) is 0.132. The summed E-state index contributed by atoms with van der Waals surface area (Å²) in [5.74, 6) is -3.21. The van der Waals surface area contributed by atoms with Gasteiger partial charge in [-0.15, -0.1) is 16.9 Å². The summed E-state index contributed by atoms with van der Waals surface area (Å²) in [5.41, 5.74) is 4.60. The van der Waals surface area contributed by atoms with Crippen LogP contribution in [0.3, 0.4) is 0 Å². The van der Waals surface area contributed by atoms with Gasteiger partial charge in [0.1, 0.15) is 34.3 Å². The summed E-state index contributed by atoms with van der Waals surface area (Å²) in [7, 11) is 2.68. The number of nitrogens with zero attached hydrogens (tertiary/aromatic N) is 6. The van der Waals surface area contributed by atoms with E-state index in [2.05, 4.69) is 25.5 Å². The van der Waals surface area contributed by atoms with Gasteiger partial charge in [0.2, 0.25) is 0 Å². The highest BCUT2D eigenvalue weighted by Crippen LogP contribution is 2.41. The van der Waals surface area contributed by atoms with Crippen LogP contribution in [-0.4, -0.2) is 88.4 Å². The van der Waals surface area contributed by atoms with E-state index in [1.165, 1.54) is 30.6 Å². The van der Waals surface area contributed by atoms with Crippen LogP contribution in [0.5, 0.6) is 5.88 Å².